The van der Waals surface area contributed by atoms with E-state index >= 15 is 0 Å². The van der Waals surface area contributed by atoms with Crippen LogP contribution in [-0.2, 0) is 4.79 Å². The van der Waals surface area contributed by atoms with Crippen LogP contribution in [0.3, 0.4) is 0 Å². The summed E-state index contributed by atoms with van der Waals surface area (Å²) in [6.07, 6.45) is 0.260. The number of likely N-dealkylation sites (N-methyl/N-ethyl adjacent to an activating group) is 1. The minimum Gasteiger partial charge on any atom is -0.492 e. The Balaban J connectivity index is 2.57. The molecule has 20 heavy (non-hydrogen) atoms. The number of benzene rings is 1. The molecule has 0 fully saturated rings. The Kier molecular flexibility index (Phi) is 6.20. The van der Waals surface area contributed by atoms with Gasteiger partial charge in [0.1, 0.15) is 11.8 Å². The molecular weight excluding hydrogens is 288 g/mol. The molecule has 110 valence electrons. The summed E-state index contributed by atoms with van der Waals surface area (Å²) in [5.74, 6) is -0.664. The fraction of sp³-hybridized carbons (Fsp3) is 0.417. The fourth-order valence-corrected chi connectivity index (χ4v) is 1.80. The van der Waals surface area contributed by atoms with Crippen LogP contribution in [-0.4, -0.2) is 35.2 Å². The highest BCUT2D eigenvalue weighted by Crippen LogP contribution is 2.28. The number of nitrogens with zero attached hydrogens (tertiary/aromatic N) is 1. The lowest BCUT2D eigenvalue weighted by Crippen LogP contribution is -2.37. The number of hydrogen-bond donors (Lipinski definition) is 2. The first kappa shape index (κ1) is 16.2. The molecule has 1 atom stereocenters. The van der Waals surface area contributed by atoms with Crippen LogP contribution in [0.2, 0.25) is 5.02 Å². The number of halogens is 1. The van der Waals surface area contributed by atoms with Gasteiger partial charge < -0.3 is 15.2 Å². The molecule has 0 aliphatic carbocycles. The number of carboxylic acid groups (broad SMARTS) is 1. The highest BCUT2D eigenvalue weighted by Gasteiger charge is 2.16. The van der Waals surface area contributed by atoms with Crippen LogP contribution < -0.4 is 10.1 Å². The van der Waals surface area contributed by atoms with Crippen LogP contribution in [0.25, 0.3) is 0 Å². The molecule has 7 nitrogen and oxygen atoms in total. The lowest BCUT2D eigenvalue weighted by Gasteiger charge is -2.14. The number of carbonyl (C=O) groups is 1. The van der Waals surface area contributed by atoms with E-state index in [-0.39, 0.29) is 29.5 Å². The number of nitrogens with one attached hydrogen (secondary N) is 1. The average molecular weight is 303 g/mol. The number of rotatable bonds is 8. The summed E-state index contributed by atoms with van der Waals surface area (Å²) >= 11 is 5.85. The maximum atomic E-state index is 10.9. The Morgan fingerprint density at radius 2 is 2.30 bits per heavy atom. The van der Waals surface area contributed by atoms with Crippen molar-refractivity contribution < 1.29 is 19.6 Å². The van der Waals surface area contributed by atoms with Gasteiger partial charge in [0.05, 0.1) is 16.6 Å². The van der Waals surface area contributed by atoms with E-state index in [0.29, 0.717) is 6.54 Å². The Morgan fingerprint density at radius 3 is 2.80 bits per heavy atom. The quantitative estimate of drug-likeness (QED) is 0.563. The van der Waals surface area contributed by atoms with Crippen LogP contribution in [0.5, 0.6) is 5.75 Å². The third-order valence-electron chi connectivity index (χ3n) is 2.54. The summed E-state index contributed by atoms with van der Waals surface area (Å²) in [4.78, 5) is 20.9. The second-order valence-corrected chi connectivity index (χ2v) is 4.36. The first-order valence-electron chi connectivity index (χ1n) is 5.98. The van der Waals surface area contributed by atoms with Crippen molar-refractivity contribution in [3.05, 3.63) is 33.3 Å². The zero-order valence-corrected chi connectivity index (χ0v) is 11.6. The minimum absolute atomic E-state index is 0.120. The second kappa shape index (κ2) is 7.66. The molecule has 1 aromatic carbocycles. The molecule has 0 radical (unpaired) electrons. The highest BCUT2D eigenvalue weighted by molar-refractivity contribution is 6.32. The maximum absolute atomic E-state index is 10.9. The smallest absolute Gasteiger partial charge is 0.320 e. The van der Waals surface area contributed by atoms with E-state index in [9.17, 15) is 14.9 Å². The average Bonchev–Trinajstić information content (AvgIpc) is 2.39. The molecule has 1 aromatic rings. The van der Waals surface area contributed by atoms with Crippen LogP contribution in [0.15, 0.2) is 18.2 Å². The standard InChI is InChI=1S/C12H15ClN2O5/c1-2-14-10(12(16)17)5-6-20-11-4-3-8(15(18)19)7-9(11)13/h3-4,7,10,14H,2,5-6H2,1H3,(H,16,17). The monoisotopic (exact) mass is 302 g/mol. The Hall–Kier alpha value is -1.86. The highest BCUT2D eigenvalue weighted by atomic mass is 35.5. The number of hydrogen-bond acceptors (Lipinski definition) is 5. The van der Waals surface area contributed by atoms with Gasteiger partial charge in [-0.1, -0.05) is 18.5 Å². The lowest BCUT2D eigenvalue weighted by atomic mass is 10.2. The molecule has 0 saturated heterocycles. The van der Waals surface area contributed by atoms with E-state index in [1.165, 1.54) is 18.2 Å². The van der Waals surface area contributed by atoms with Crippen molar-refractivity contribution in [2.75, 3.05) is 13.2 Å². The van der Waals surface area contributed by atoms with Gasteiger partial charge in [-0.3, -0.25) is 14.9 Å². The van der Waals surface area contributed by atoms with Gasteiger partial charge in [0.15, 0.2) is 0 Å². The molecule has 0 aliphatic heterocycles. The zero-order valence-electron chi connectivity index (χ0n) is 10.8. The van der Waals surface area contributed by atoms with Crippen LogP contribution >= 0.6 is 11.6 Å². The number of non-ortho nitro benzene ring substituents is 1. The van der Waals surface area contributed by atoms with Crippen LogP contribution in [0.1, 0.15) is 13.3 Å². The van der Waals surface area contributed by atoms with Gasteiger partial charge in [0, 0.05) is 18.6 Å². The van der Waals surface area contributed by atoms with Gasteiger partial charge in [0.2, 0.25) is 0 Å². The SMILES string of the molecule is CCNC(CCOc1ccc([N+](=O)[O-])cc1Cl)C(=O)O. The number of ether oxygens (including phenoxy) is 1. The first-order chi connectivity index (χ1) is 9.45. The van der Waals surface area contributed by atoms with Crippen molar-refractivity contribution in [2.45, 2.75) is 19.4 Å². The van der Waals surface area contributed by atoms with E-state index in [0.717, 1.165) is 0 Å². The Labute approximate surface area is 120 Å². The molecule has 2 N–H and O–H groups in total. The maximum Gasteiger partial charge on any atom is 0.320 e. The number of nitro benzene ring substituents is 1. The normalized spacial score (nSPS) is 11.9. The first-order valence-corrected chi connectivity index (χ1v) is 6.36. The van der Waals surface area contributed by atoms with E-state index < -0.39 is 16.9 Å². The molecule has 8 heteroatoms. The fourth-order valence-electron chi connectivity index (χ4n) is 1.57. The van der Waals surface area contributed by atoms with Crippen molar-refractivity contribution in [1.82, 2.24) is 5.32 Å². The van der Waals surface area contributed by atoms with Crippen molar-refractivity contribution >= 4 is 23.3 Å². The van der Waals surface area contributed by atoms with Crippen molar-refractivity contribution in [3.8, 4) is 5.75 Å². The third-order valence-corrected chi connectivity index (χ3v) is 2.83. The Bertz CT molecular complexity index is 495. The van der Waals surface area contributed by atoms with Crippen molar-refractivity contribution in [1.29, 1.82) is 0 Å². The topological polar surface area (TPSA) is 102 Å². The Morgan fingerprint density at radius 1 is 1.60 bits per heavy atom. The van der Waals surface area contributed by atoms with E-state index in [4.69, 9.17) is 21.4 Å². The van der Waals surface area contributed by atoms with E-state index in [2.05, 4.69) is 5.32 Å². The summed E-state index contributed by atoms with van der Waals surface area (Å²) in [7, 11) is 0. The predicted molar refractivity (Wildman–Crippen MR) is 73.3 cm³/mol. The number of carboxylic acids is 1. The van der Waals surface area contributed by atoms with Gasteiger partial charge in [0.25, 0.3) is 5.69 Å². The number of aliphatic carboxylic acids is 1. The molecule has 0 spiro atoms. The summed E-state index contributed by atoms with van der Waals surface area (Å²) in [6, 6.07) is 3.16. The molecule has 0 aliphatic rings. The number of nitro groups is 1. The summed E-state index contributed by atoms with van der Waals surface area (Å²) < 4.78 is 5.34. The van der Waals surface area contributed by atoms with E-state index in [1.807, 2.05) is 6.92 Å². The zero-order chi connectivity index (χ0) is 15.1. The van der Waals surface area contributed by atoms with Gasteiger partial charge in [-0.2, -0.15) is 0 Å². The van der Waals surface area contributed by atoms with Gasteiger partial charge in [-0.15, -0.1) is 0 Å². The largest absolute Gasteiger partial charge is 0.492 e. The summed E-state index contributed by atoms with van der Waals surface area (Å²) in [5, 5.41) is 22.4. The molecule has 0 saturated carbocycles. The minimum atomic E-state index is -0.953. The van der Waals surface area contributed by atoms with Crippen molar-refractivity contribution in [3.63, 3.8) is 0 Å². The molecule has 1 unspecified atom stereocenters. The molecular formula is C12H15ClN2O5. The predicted octanol–water partition coefficient (Wildman–Crippen LogP) is 2.08. The van der Waals surface area contributed by atoms with Gasteiger partial charge >= 0.3 is 5.97 Å². The summed E-state index contributed by atoms with van der Waals surface area (Å²) in [6.45, 7) is 2.49. The van der Waals surface area contributed by atoms with E-state index in [1.54, 1.807) is 0 Å². The van der Waals surface area contributed by atoms with Crippen LogP contribution in [0.4, 0.5) is 5.69 Å². The third kappa shape index (κ3) is 4.67. The van der Waals surface area contributed by atoms with Gasteiger partial charge in [-0.25, -0.2) is 0 Å². The van der Waals surface area contributed by atoms with Gasteiger partial charge in [-0.05, 0) is 12.6 Å². The molecule has 0 aromatic heterocycles. The lowest BCUT2D eigenvalue weighted by molar-refractivity contribution is -0.384. The van der Waals surface area contributed by atoms with Crippen molar-refractivity contribution in [2.24, 2.45) is 0 Å². The van der Waals surface area contributed by atoms with Crippen LogP contribution in [0, 0.1) is 10.1 Å². The molecule has 0 heterocycles. The summed E-state index contributed by atoms with van der Waals surface area (Å²) in [5.41, 5.74) is -0.126. The second-order valence-electron chi connectivity index (χ2n) is 3.96. The molecule has 0 bridgehead atoms. The molecule has 0 amide bonds. The molecule has 1 rings (SSSR count).